The molecule has 0 amide bonds. The lowest BCUT2D eigenvalue weighted by Crippen LogP contribution is -2.36. The third-order valence-electron chi connectivity index (χ3n) is 13.8. The van der Waals surface area contributed by atoms with Crippen LogP contribution in [-0.4, -0.2) is 46.6 Å². The lowest BCUT2D eigenvalue weighted by atomic mass is 9.70. The van der Waals surface area contributed by atoms with Gasteiger partial charge in [-0.05, 0) is 119 Å². The standard InChI is InChI=1S/C53H53NO4/c1-4-52(5-2)48-34-39(38-9-7-6-8-10-38)13-21-45(48)49-44-22-18-42(54-27-31-57-32-28-54)35-47(44)51-46(50(49)52)23-26-53(58-51,41-16-19-43(55-3)20-17-41)40-14-11-36(12-15-40)33-37-24-29-56-30-25-37/h6-23,26,34-35,37H,4-5,24-25,27-33H2,1-3H3. The summed E-state index contributed by atoms with van der Waals surface area (Å²) in [6, 6.07) is 42.8. The second-order valence-electron chi connectivity index (χ2n) is 16.6. The van der Waals surface area contributed by atoms with E-state index in [2.05, 4.69) is 146 Å². The topological polar surface area (TPSA) is 40.2 Å². The maximum Gasteiger partial charge on any atom is 0.178 e. The number of rotatable bonds is 9. The van der Waals surface area contributed by atoms with Gasteiger partial charge < -0.3 is 23.8 Å². The Morgan fingerprint density at radius 3 is 2.12 bits per heavy atom. The average Bonchev–Trinajstić information content (AvgIpc) is 3.60. The van der Waals surface area contributed by atoms with Crippen molar-refractivity contribution in [2.75, 3.05) is 51.5 Å². The molecular weight excluding hydrogens is 715 g/mol. The van der Waals surface area contributed by atoms with E-state index in [1.165, 1.54) is 55.6 Å². The van der Waals surface area contributed by atoms with E-state index in [4.69, 9.17) is 18.9 Å². The molecule has 0 spiro atoms. The van der Waals surface area contributed by atoms with E-state index < -0.39 is 5.60 Å². The molecular formula is C53H53NO4. The second kappa shape index (κ2) is 15.1. The monoisotopic (exact) mass is 767 g/mol. The van der Waals surface area contributed by atoms with Crippen molar-refractivity contribution in [3.8, 4) is 33.8 Å². The van der Waals surface area contributed by atoms with Gasteiger partial charge in [-0.25, -0.2) is 0 Å². The molecule has 58 heavy (non-hydrogen) atoms. The Kier molecular flexibility index (Phi) is 9.62. The van der Waals surface area contributed by atoms with Crippen LogP contribution in [0.3, 0.4) is 0 Å². The summed E-state index contributed by atoms with van der Waals surface area (Å²) < 4.78 is 24.9. The maximum atomic E-state index is 7.82. The number of hydrogen-bond donors (Lipinski definition) is 0. The number of anilines is 1. The molecule has 10 rings (SSSR count). The first-order valence-corrected chi connectivity index (χ1v) is 21.4. The molecule has 3 aliphatic heterocycles. The molecule has 5 heteroatoms. The number of morpholine rings is 1. The Labute approximate surface area is 343 Å². The number of benzene rings is 6. The Balaban J connectivity index is 1.19. The van der Waals surface area contributed by atoms with Gasteiger partial charge in [-0.1, -0.05) is 105 Å². The van der Waals surface area contributed by atoms with Gasteiger partial charge in [0.15, 0.2) is 5.60 Å². The maximum absolute atomic E-state index is 7.82. The minimum Gasteiger partial charge on any atom is -0.497 e. The van der Waals surface area contributed by atoms with Crippen LogP contribution in [0.4, 0.5) is 5.69 Å². The normalized spacial score (nSPS) is 19.7. The molecule has 6 aromatic carbocycles. The fourth-order valence-corrected chi connectivity index (χ4v) is 10.5. The van der Waals surface area contributed by atoms with E-state index in [-0.39, 0.29) is 5.41 Å². The van der Waals surface area contributed by atoms with Crippen molar-refractivity contribution in [3.05, 3.63) is 155 Å². The van der Waals surface area contributed by atoms with Crippen LogP contribution in [0.1, 0.15) is 72.9 Å². The van der Waals surface area contributed by atoms with Crippen molar-refractivity contribution >= 4 is 22.5 Å². The van der Waals surface area contributed by atoms with Crippen LogP contribution in [0, 0.1) is 5.92 Å². The van der Waals surface area contributed by atoms with Gasteiger partial charge in [-0.3, -0.25) is 0 Å². The Bertz CT molecular complexity index is 2470. The van der Waals surface area contributed by atoms with Gasteiger partial charge in [-0.2, -0.15) is 0 Å². The molecule has 5 nitrogen and oxygen atoms in total. The quantitative estimate of drug-likeness (QED) is 0.147. The molecule has 0 bridgehead atoms. The zero-order chi connectivity index (χ0) is 39.3. The predicted molar refractivity (Wildman–Crippen MR) is 236 cm³/mol. The van der Waals surface area contributed by atoms with Crippen LogP contribution < -0.4 is 14.4 Å². The molecule has 2 fully saturated rings. The molecule has 0 saturated carbocycles. The van der Waals surface area contributed by atoms with E-state index >= 15 is 0 Å². The largest absolute Gasteiger partial charge is 0.497 e. The van der Waals surface area contributed by atoms with Crippen LogP contribution in [-0.2, 0) is 26.9 Å². The van der Waals surface area contributed by atoms with Gasteiger partial charge in [0.05, 0.1) is 20.3 Å². The Morgan fingerprint density at radius 1 is 0.707 bits per heavy atom. The summed E-state index contributed by atoms with van der Waals surface area (Å²) in [7, 11) is 1.72. The molecule has 0 radical (unpaired) electrons. The third-order valence-corrected chi connectivity index (χ3v) is 13.8. The van der Waals surface area contributed by atoms with E-state index in [1.54, 1.807) is 7.11 Å². The molecule has 0 N–H and O–H groups in total. The number of hydrogen-bond acceptors (Lipinski definition) is 5. The molecule has 3 heterocycles. The smallest absolute Gasteiger partial charge is 0.178 e. The van der Waals surface area contributed by atoms with Crippen LogP contribution in [0.25, 0.3) is 39.1 Å². The van der Waals surface area contributed by atoms with Crippen LogP contribution >= 0.6 is 0 Å². The summed E-state index contributed by atoms with van der Waals surface area (Å²) in [6.07, 6.45) is 10.0. The molecule has 6 aromatic rings. The number of nitrogens with zero attached hydrogens (tertiary/aromatic N) is 1. The first-order valence-electron chi connectivity index (χ1n) is 21.4. The van der Waals surface area contributed by atoms with Crippen molar-refractivity contribution in [1.29, 1.82) is 0 Å². The van der Waals surface area contributed by atoms with E-state index in [9.17, 15) is 0 Å². The SMILES string of the molecule is CCC1(CC)c2cc(-c3ccccc3)ccc2-c2c1c1c(c3cc(N4CCOCC4)ccc23)OC(c2ccc(CC3CCOCC3)cc2)(c2ccc(OC)cc2)C=C1. The second-order valence-corrected chi connectivity index (χ2v) is 16.6. The highest BCUT2D eigenvalue weighted by atomic mass is 16.5. The number of ether oxygens (including phenoxy) is 4. The minimum absolute atomic E-state index is 0.184. The fraction of sp³-hybridized carbons (Fsp3) is 0.321. The summed E-state index contributed by atoms with van der Waals surface area (Å²) in [5.74, 6) is 2.44. The summed E-state index contributed by atoms with van der Waals surface area (Å²) in [5.41, 5.74) is 12.9. The molecule has 0 aromatic heterocycles. The molecule has 1 atom stereocenters. The molecule has 1 aliphatic carbocycles. The zero-order valence-corrected chi connectivity index (χ0v) is 34.1. The Hall–Kier alpha value is -5.36. The number of methoxy groups -OCH3 is 1. The Morgan fingerprint density at radius 2 is 1.41 bits per heavy atom. The summed E-state index contributed by atoms with van der Waals surface area (Å²) >= 11 is 0. The first-order chi connectivity index (χ1) is 28.5. The van der Waals surface area contributed by atoms with Gasteiger partial charge in [-0.15, -0.1) is 0 Å². The van der Waals surface area contributed by atoms with Crippen LogP contribution in [0.2, 0.25) is 0 Å². The molecule has 294 valence electrons. The van der Waals surface area contributed by atoms with Crippen molar-refractivity contribution in [1.82, 2.24) is 0 Å². The average molecular weight is 768 g/mol. The summed E-state index contributed by atoms with van der Waals surface area (Å²) in [6.45, 7) is 9.67. The summed E-state index contributed by atoms with van der Waals surface area (Å²) in [4.78, 5) is 2.46. The zero-order valence-electron chi connectivity index (χ0n) is 34.1. The van der Waals surface area contributed by atoms with E-state index in [1.807, 2.05) is 0 Å². The fourth-order valence-electron chi connectivity index (χ4n) is 10.5. The van der Waals surface area contributed by atoms with E-state index in [0.717, 1.165) is 99.6 Å². The van der Waals surface area contributed by atoms with Crippen molar-refractivity contribution in [2.24, 2.45) is 5.92 Å². The van der Waals surface area contributed by atoms with Gasteiger partial charge in [0.1, 0.15) is 11.5 Å². The minimum atomic E-state index is -0.861. The van der Waals surface area contributed by atoms with E-state index in [0.29, 0.717) is 5.92 Å². The number of fused-ring (bicyclic) bond motifs is 8. The molecule has 1 unspecified atom stereocenters. The van der Waals surface area contributed by atoms with Crippen LogP contribution in [0.5, 0.6) is 11.5 Å². The van der Waals surface area contributed by atoms with Gasteiger partial charge >= 0.3 is 0 Å². The van der Waals surface area contributed by atoms with Gasteiger partial charge in [0, 0.05) is 59.5 Å². The highest BCUT2D eigenvalue weighted by Crippen LogP contribution is 2.61. The van der Waals surface area contributed by atoms with Gasteiger partial charge in [0.25, 0.3) is 0 Å². The summed E-state index contributed by atoms with van der Waals surface area (Å²) in [5, 5.41) is 2.39. The third kappa shape index (κ3) is 6.05. The highest BCUT2D eigenvalue weighted by Gasteiger charge is 2.47. The van der Waals surface area contributed by atoms with Crippen molar-refractivity contribution < 1.29 is 18.9 Å². The molecule has 4 aliphatic rings. The first kappa shape index (κ1) is 36.9. The van der Waals surface area contributed by atoms with Crippen LogP contribution in [0.15, 0.2) is 121 Å². The predicted octanol–water partition coefficient (Wildman–Crippen LogP) is 11.8. The van der Waals surface area contributed by atoms with Crippen molar-refractivity contribution in [3.63, 3.8) is 0 Å². The molecule has 2 saturated heterocycles. The van der Waals surface area contributed by atoms with Crippen molar-refractivity contribution in [2.45, 2.75) is 57.0 Å². The van der Waals surface area contributed by atoms with Gasteiger partial charge in [0.2, 0.25) is 0 Å². The highest BCUT2D eigenvalue weighted by molar-refractivity contribution is 6.09. The lowest BCUT2D eigenvalue weighted by Gasteiger charge is -2.39. The lowest BCUT2D eigenvalue weighted by molar-refractivity contribution is 0.0665.